The average molecular weight is 277 g/mol. The third kappa shape index (κ3) is 6.53. The number of carbonyl (C=O) groups excluding carboxylic acids is 1. The van der Waals surface area contributed by atoms with Gasteiger partial charge in [0.05, 0.1) is 0 Å². The highest BCUT2D eigenvalue weighted by Gasteiger charge is 2.05. The fraction of sp³-hybridized carbons (Fsp3) is 0.357. The minimum Gasteiger partial charge on any atom is -0.481 e. The van der Waals surface area contributed by atoms with Gasteiger partial charge in [0.2, 0.25) is 0 Å². The molecule has 0 unspecified atom stereocenters. The number of amides is 1. The highest BCUT2D eigenvalue weighted by atomic mass is 16.4. The van der Waals surface area contributed by atoms with Gasteiger partial charge in [0, 0.05) is 18.5 Å². The van der Waals surface area contributed by atoms with Gasteiger partial charge in [-0.25, -0.2) is 0 Å². The van der Waals surface area contributed by atoms with E-state index in [9.17, 15) is 9.59 Å². The fourth-order valence-corrected chi connectivity index (χ4v) is 1.58. The van der Waals surface area contributed by atoms with E-state index in [2.05, 4.69) is 10.3 Å². The molecule has 4 N–H and O–H groups in total. The molecule has 0 atom stereocenters. The van der Waals surface area contributed by atoms with Crippen molar-refractivity contribution >= 4 is 17.8 Å². The molecule has 0 fully saturated rings. The van der Waals surface area contributed by atoms with E-state index in [0.717, 1.165) is 12.8 Å². The second-order valence-electron chi connectivity index (χ2n) is 4.29. The number of carbonyl (C=O) groups is 2. The van der Waals surface area contributed by atoms with Crippen LogP contribution in [-0.4, -0.2) is 29.5 Å². The van der Waals surface area contributed by atoms with E-state index >= 15 is 0 Å². The zero-order valence-corrected chi connectivity index (χ0v) is 11.2. The van der Waals surface area contributed by atoms with Crippen LogP contribution in [0.25, 0.3) is 0 Å². The number of benzene rings is 1. The smallest absolute Gasteiger partial charge is 0.303 e. The molecular weight excluding hydrogens is 258 g/mol. The largest absolute Gasteiger partial charge is 0.481 e. The number of carboxylic acids is 1. The molecule has 6 nitrogen and oxygen atoms in total. The van der Waals surface area contributed by atoms with Crippen LogP contribution >= 0.6 is 0 Å². The highest BCUT2D eigenvalue weighted by molar-refractivity contribution is 6.05. The predicted octanol–water partition coefficient (Wildman–Crippen LogP) is 1.38. The molecule has 6 heteroatoms. The summed E-state index contributed by atoms with van der Waals surface area (Å²) in [5.74, 6) is -1.00. The molecule has 108 valence electrons. The monoisotopic (exact) mass is 277 g/mol. The number of aliphatic imine (C=N–C) groups is 1. The molecule has 0 radical (unpaired) electrons. The fourth-order valence-electron chi connectivity index (χ4n) is 1.58. The summed E-state index contributed by atoms with van der Waals surface area (Å²) in [5.41, 5.74) is 6.12. The van der Waals surface area contributed by atoms with Crippen molar-refractivity contribution < 1.29 is 14.7 Å². The molecule has 0 saturated heterocycles. The van der Waals surface area contributed by atoms with Crippen molar-refractivity contribution in [2.75, 3.05) is 6.54 Å². The molecule has 1 aromatic rings. The molecule has 0 aliphatic heterocycles. The number of rotatable bonds is 7. The first kappa shape index (κ1) is 15.7. The summed E-state index contributed by atoms with van der Waals surface area (Å²) in [5, 5.41) is 11.0. The second kappa shape index (κ2) is 8.68. The normalized spacial score (nSPS) is 11.1. The molecule has 1 aromatic carbocycles. The quantitative estimate of drug-likeness (QED) is 0.397. The summed E-state index contributed by atoms with van der Waals surface area (Å²) in [6, 6.07) is 8.74. The van der Waals surface area contributed by atoms with Crippen molar-refractivity contribution in [3.8, 4) is 0 Å². The lowest BCUT2D eigenvalue weighted by Crippen LogP contribution is -2.36. The van der Waals surface area contributed by atoms with E-state index in [1.807, 2.05) is 6.07 Å². The number of nitrogens with two attached hydrogens (primary N) is 1. The van der Waals surface area contributed by atoms with Gasteiger partial charge in [0.15, 0.2) is 5.96 Å². The van der Waals surface area contributed by atoms with Crippen molar-refractivity contribution in [2.45, 2.75) is 25.7 Å². The van der Waals surface area contributed by atoms with Crippen molar-refractivity contribution in [1.29, 1.82) is 0 Å². The van der Waals surface area contributed by atoms with Gasteiger partial charge in [-0.15, -0.1) is 0 Å². The Labute approximate surface area is 117 Å². The van der Waals surface area contributed by atoms with Crippen LogP contribution in [0.1, 0.15) is 36.0 Å². The first-order valence-corrected chi connectivity index (χ1v) is 6.47. The maximum atomic E-state index is 11.7. The second-order valence-corrected chi connectivity index (χ2v) is 4.29. The number of nitrogens with zero attached hydrogens (tertiary/aromatic N) is 1. The van der Waals surface area contributed by atoms with Crippen molar-refractivity contribution in [2.24, 2.45) is 10.7 Å². The van der Waals surface area contributed by atoms with E-state index in [0.29, 0.717) is 18.5 Å². The molecular formula is C14H19N3O3. The SMILES string of the molecule is NC(=NCCCCCC(=O)O)NC(=O)c1ccccc1. The van der Waals surface area contributed by atoms with Gasteiger partial charge in [0.25, 0.3) is 5.91 Å². The summed E-state index contributed by atoms with van der Waals surface area (Å²) in [4.78, 5) is 26.1. The van der Waals surface area contributed by atoms with Crippen LogP contribution in [0.4, 0.5) is 0 Å². The number of guanidine groups is 1. The first-order valence-electron chi connectivity index (χ1n) is 6.47. The van der Waals surface area contributed by atoms with Crippen molar-refractivity contribution in [1.82, 2.24) is 5.32 Å². The van der Waals surface area contributed by atoms with Crippen LogP contribution in [0.15, 0.2) is 35.3 Å². The van der Waals surface area contributed by atoms with Crippen LogP contribution in [0, 0.1) is 0 Å². The highest BCUT2D eigenvalue weighted by Crippen LogP contribution is 2.00. The Hall–Kier alpha value is -2.37. The third-order valence-corrected chi connectivity index (χ3v) is 2.61. The van der Waals surface area contributed by atoms with Crippen LogP contribution in [0.2, 0.25) is 0 Å². The summed E-state index contributed by atoms with van der Waals surface area (Å²) < 4.78 is 0. The molecule has 20 heavy (non-hydrogen) atoms. The van der Waals surface area contributed by atoms with Crippen LogP contribution in [0.5, 0.6) is 0 Å². The number of hydrogen-bond acceptors (Lipinski definition) is 3. The Bertz CT molecular complexity index is 472. The van der Waals surface area contributed by atoms with Crippen LogP contribution < -0.4 is 11.1 Å². The molecule has 0 saturated carbocycles. The summed E-state index contributed by atoms with van der Waals surface area (Å²) in [6.07, 6.45) is 2.32. The van der Waals surface area contributed by atoms with Gasteiger partial charge in [-0.2, -0.15) is 0 Å². The van der Waals surface area contributed by atoms with Gasteiger partial charge in [-0.3, -0.25) is 19.9 Å². The van der Waals surface area contributed by atoms with E-state index < -0.39 is 5.97 Å². The standard InChI is InChI=1S/C14H19N3O3/c15-14(16-10-6-2-5-9-12(18)19)17-13(20)11-7-3-1-4-8-11/h1,3-4,7-8H,2,5-6,9-10H2,(H,18,19)(H3,15,16,17,20). The molecule has 1 amide bonds. The Morgan fingerprint density at radius 1 is 1.15 bits per heavy atom. The van der Waals surface area contributed by atoms with Gasteiger partial charge in [-0.1, -0.05) is 24.6 Å². The summed E-state index contributed by atoms with van der Waals surface area (Å²) >= 11 is 0. The number of carboxylic acid groups (broad SMARTS) is 1. The van der Waals surface area contributed by atoms with Gasteiger partial charge < -0.3 is 10.8 Å². The van der Waals surface area contributed by atoms with Crippen LogP contribution in [0.3, 0.4) is 0 Å². The lowest BCUT2D eigenvalue weighted by molar-refractivity contribution is -0.137. The molecule has 0 aromatic heterocycles. The zero-order valence-electron chi connectivity index (χ0n) is 11.2. The molecule has 0 spiro atoms. The maximum absolute atomic E-state index is 11.7. The minimum absolute atomic E-state index is 0.0806. The molecule has 0 heterocycles. The van der Waals surface area contributed by atoms with E-state index in [-0.39, 0.29) is 18.3 Å². The number of unbranched alkanes of at least 4 members (excludes halogenated alkanes) is 2. The van der Waals surface area contributed by atoms with Gasteiger partial charge >= 0.3 is 5.97 Å². The summed E-state index contributed by atoms with van der Waals surface area (Å²) in [6.45, 7) is 0.473. The number of nitrogens with one attached hydrogen (secondary N) is 1. The zero-order chi connectivity index (χ0) is 14.8. The number of hydrogen-bond donors (Lipinski definition) is 3. The van der Waals surface area contributed by atoms with E-state index in [4.69, 9.17) is 10.8 Å². The van der Waals surface area contributed by atoms with Gasteiger partial charge in [-0.05, 0) is 25.0 Å². The lowest BCUT2D eigenvalue weighted by Gasteiger charge is -2.04. The summed E-state index contributed by atoms with van der Waals surface area (Å²) in [7, 11) is 0. The van der Waals surface area contributed by atoms with Gasteiger partial charge in [0.1, 0.15) is 0 Å². The van der Waals surface area contributed by atoms with Crippen molar-refractivity contribution in [3.63, 3.8) is 0 Å². The molecule has 1 rings (SSSR count). The molecule has 0 bridgehead atoms. The topological polar surface area (TPSA) is 105 Å². The van der Waals surface area contributed by atoms with E-state index in [1.54, 1.807) is 24.3 Å². The average Bonchev–Trinajstić information content (AvgIpc) is 2.43. The van der Waals surface area contributed by atoms with Crippen molar-refractivity contribution in [3.05, 3.63) is 35.9 Å². The predicted molar refractivity (Wildman–Crippen MR) is 76.5 cm³/mol. The Kier molecular flexibility index (Phi) is 6.81. The number of aliphatic carboxylic acids is 1. The van der Waals surface area contributed by atoms with E-state index in [1.165, 1.54) is 0 Å². The third-order valence-electron chi connectivity index (χ3n) is 2.61. The minimum atomic E-state index is -0.789. The maximum Gasteiger partial charge on any atom is 0.303 e. The Morgan fingerprint density at radius 2 is 1.85 bits per heavy atom. The Balaban J connectivity index is 2.25. The first-order chi connectivity index (χ1) is 9.59. The van der Waals surface area contributed by atoms with Crippen LogP contribution in [-0.2, 0) is 4.79 Å². The Morgan fingerprint density at radius 3 is 2.50 bits per heavy atom. The molecule has 0 aliphatic carbocycles. The molecule has 0 aliphatic rings. The lowest BCUT2D eigenvalue weighted by atomic mass is 10.2.